The van der Waals surface area contributed by atoms with Crippen molar-refractivity contribution in [2.45, 2.75) is 73.1 Å². The highest BCUT2D eigenvalue weighted by atomic mass is 16.5. The number of rotatable bonds is 7. The molecule has 0 radical (unpaired) electrons. The zero-order valence-electron chi connectivity index (χ0n) is 29.3. The molecule has 3 heterocycles. The van der Waals surface area contributed by atoms with Crippen molar-refractivity contribution in [3.63, 3.8) is 0 Å². The number of fused-ring (bicyclic) bond motifs is 3. The molecule has 0 aliphatic rings. The van der Waals surface area contributed by atoms with Gasteiger partial charge in [-0.15, -0.1) is 0 Å². The number of benzene rings is 4. The summed E-state index contributed by atoms with van der Waals surface area (Å²) < 4.78 is 11.1. The van der Waals surface area contributed by atoms with Gasteiger partial charge in [0, 0.05) is 34.7 Å². The molecule has 1 atom stereocenters. The van der Waals surface area contributed by atoms with Crippen molar-refractivity contribution in [3.8, 4) is 34.1 Å². The maximum absolute atomic E-state index is 6.69. The first-order valence-electron chi connectivity index (χ1n) is 17.0. The van der Waals surface area contributed by atoms with Crippen molar-refractivity contribution in [3.05, 3.63) is 131 Å². The lowest BCUT2D eigenvalue weighted by Crippen LogP contribution is -2.12. The van der Waals surface area contributed by atoms with Crippen LogP contribution < -0.4 is 4.74 Å². The number of aromatic nitrogens is 4. The predicted octanol–water partition coefficient (Wildman–Crippen LogP) is 11.6. The topological polar surface area (TPSA) is 44.9 Å². The van der Waals surface area contributed by atoms with Crippen LogP contribution in [0.4, 0.5) is 0 Å². The third-order valence-electron chi connectivity index (χ3n) is 9.49. The zero-order chi connectivity index (χ0) is 33.7. The van der Waals surface area contributed by atoms with E-state index in [1.807, 2.05) is 6.20 Å². The van der Waals surface area contributed by atoms with E-state index in [4.69, 9.17) is 14.8 Å². The molecule has 0 spiro atoms. The molecule has 0 saturated heterocycles. The molecule has 4 aromatic carbocycles. The van der Waals surface area contributed by atoms with Gasteiger partial charge in [-0.25, -0.2) is 9.67 Å². The molecule has 0 fully saturated rings. The van der Waals surface area contributed by atoms with Gasteiger partial charge in [-0.1, -0.05) is 76.6 Å². The molecular formula is C43H44N4O. The Morgan fingerprint density at radius 1 is 0.750 bits per heavy atom. The van der Waals surface area contributed by atoms with Gasteiger partial charge >= 0.3 is 0 Å². The second-order valence-electron chi connectivity index (χ2n) is 14.2. The van der Waals surface area contributed by atoms with Gasteiger partial charge in [0.25, 0.3) is 0 Å². The molecule has 0 aliphatic heterocycles. The second-order valence-corrected chi connectivity index (χ2v) is 14.2. The summed E-state index contributed by atoms with van der Waals surface area (Å²) in [6.07, 6.45) is 2.94. The summed E-state index contributed by atoms with van der Waals surface area (Å²) in [6.45, 7) is 17.6. The molecule has 0 bridgehead atoms. The lowest BCUT2D eigenvalue weighted by Gasteiger charge is -2.20. The summed E-state index contributed by atoms with van der Waals surface area (Å²) in [6, 6.07) is 34.4. The number of hydrogen-bond acceptors (Lipinski definition) is 3. The van der Waals surface area contributed by atoms with Crippen LogP contribution in [0.15, 0.2) is 103 Å². The largest absolute Gasteiger partial charge is 0.457 e. The molecule has 3 aromatic heterocycles. The van der Waals surface area contributed by atoms with Crippen molar-refractivity contribution in [2.75, 3.05) is 0 Å². The number of nitrogens with zero attached hydrogens (tertiary/aromatic N) is 4. The van der Waals surface area contributed by atoms with E-state index in [0.717, 1.165) is 51.7 Å². The van der Waals surface area contributed by atoms with E-state index < -0.39 is 0 Å². The standard InChI is InChI=1S/C43H44N4O/c1-9-29(4)42-41(31-13-11-10-12-14-31)30(5)45-47(42)33-21-28(3)22-35(25-33)48-34-16-17-36-37-23-27(2)15-18-38(37)46(39(36)26-34)40-24-32(19-20-44-40)43(6,7)8/h10-26,29H,9H2,1-8H3. The molecular weight excluding hydrogens is 589 g/mol. The smallest absolute Gasteiger partial charge is 0.137 e. The van der Waals surface area contributed by atoms with Crippen molar-refractivity contribution in [1.82, 2.24) is 19.3 Å². The molecule has 0 N–H and O–H groups in total. The lowest BCUT2D eigenvalue weighted by molar-refractivity contribution is 0.482. The van der Waals surface area contributed by atoms with Crippen molar-refractivity contribution in [2.24, 2.45) is 0 Å². The first kappa shape index (κ1) is 31.4. The number of pyridine rings is 1. The third kappa shape index (κ3) is 5.68. The summed E-state index contributed by atoms with van der Waals surface area (Å²) in [5.74, 6) is 2.78. The molecule has 5 heteroatoms. The minimum atomic E-state index is 0.00789. The van der Waals surface area contributed by atoms with Crippen LogP contribution in [0, 0.1) is 20.8 Å². The van der Waals surface area contributed by atoms with Gasteiger partial charge in [0.1, 0.15) is 17.3 Å². The Balaban J connectivity index is 1.34. The molecule has 0 saturated carbocycles. The van der Waals surface area contributed by atoms with Gasteiger partial charge in [0.05, 0.1) is 28.1 Å². The predicted molar refractivity (Wildman–Crippen MR) is 199 cm³/mol. The minimum Gasteiger partial charge on any atom is -0.457 e. The summed E-state index contributed by atoms with van der Waals surface area (Å²) in [7, 11) is 0. The molecule has 7 rings (SSSR count). The average Bonchev–Trinajstić information content (AvgIpc) is 3.58. The fourth-order valence-electron chi connectivity index (χ4n) is 6.83. The molecule has 0 aliphatic carbocycles. The number of ether oxygens (including phenoxy) is 1. The summed E-state index contributed by atoms with van der Waals surface area (Å²) >= 11 is 0. The number of aryl methyl sites for hydroxylation is 3. The fourth-order valence-corrected chi connectivity index (χ4v) is 6.83. The normalized spacial score (nSPS) is 12.6. The van der Waals surface area contributed by atoms with Gasteiger partial charge < -0.3 is 4.74 Å². The Kier molecular flexibility index (Phi) is 7.95. The fraction of sp³-hybridized carbons (Fsp3) is 0.256. The Hall–Kier alpha value is -5.16. The van der Waals surface area contributed by atoms with Gasteiger partial charge in [-0.2, -0.15) is 5.10 Å². The van der Waals surface area contributed by atoms with Gasteiger partial charge in [-0.05, 0) is 104 Å². The van der Waals surface area contributed by atoms with Crippen molar-refractivity contribution >= 4 is 21.8 Å². The molecule has 1 unspecified atom stereocenters. The monoisotopic (exact) mass is 632 g/mol. The first-order valence-corrected chi connectivity index (χ1v) is 17.0. The molecule has 242 valence electrons. The van der Waals surface area contributed by atoms with Crippen molar-refractivity contribution in [1.29, 1.82) is 0 Å². The van der Waals surface area contributed by atoms with Gasteiger partial charge in [-0.3, -0.25) is 4.57 Å². The summed E-state index contributed by atoms with van der Waals surface area (Å²) in [5.41, 5.74) is 11.4. The Morgan fingerprint density at radius 2 is 1.54 bits per heavy atom. The van der Waals surface area contributed by atoms with Crippen LogP contribution in [0.2, 0.25) is 0 Å². The Morgan fingerprint density at radius 3 is 2.29 bits per heavy atom. The average molecular weight is 633 g/mol. The lowest BCUT2D eigenvalue weighted by atomic mass is 9.88. The Bertz CT molecular complexity index is 2280. The maximum Gasteiger partial charge on any atom is 0.137 e. The third-order valence-corrected chi connectivity index (χ3v) is 9.49. The molecule has 5 nitrogen and oxygen atoms in total. The Labute approximate surface area is 283 Å². The van der Waals surface area contributed by atoms with Crippen LogP contribution in [0.1, 0.15) is 75.0 Å². The van der Waals surface area contributed by atoms with Crippen molar-refractivity contribution < 1.29 is 4.74 Å². The van der Waals surface area contributed by atoms with Crippen LogP contribution in [-0.4, -0.2) is 19.3 Å². The van der Waals surface area contributed by atoms with E-state index in [-0.39, 0.29) is 5.41 Å². The van der Waals surface area contributed by atoms with E-state index in [1.165, 1.54) is 38.7 Å². The number of hydrogen-bond donors (Lipinski definition) is 0. The molecule has 48 heavy (non-hydrogen) atoms. The highest BCUT2D eigenvalue weighted by Gasteiger charge is 2.23. The quantitative estimate of drug-likeness (QED) is 0.176. The highest BCUT2D eigenvalue weighted by molar-refractivity contribution is 6.09. The van der Waals surface area contributed by atoms with Gasteiger partial charge in [0.2, 0.25) is 0 Å². The van der Waals surface area contributed by atoms with E-state index in [2.05, 4.69) is 162 Å². The van der Waals surface area contributed by atoms with Crippen LogP contribution in [0.3, 0.4) is 0 Å². The van der Waals surface area contributed by atoms with E-state index in [9.17, 15) is 0 Å². The van der Waals surface area contributed by atoms with E-state index in [0.29, 0.717) is 5.92 Å². The summed E-state index contributed by atoms with van der Waals surface area (Å²) in [5, 5.41) is 7.49. The molecule has 0 amide bonds. The summed E-state index contributed by atoms with van der Waals surface area (Å²) in [4.78, 5) is 4.86. The van der Waals surface area contributed by atoms with Crippen LogP contribution >= 0.6 is 0 Å². The second kappa shape index (κ2) is 12.1. The highest BCUT2D eigenvalue weighted by Crippen LogP contribution is 2.39. The first-order chi connectivity index (χ1) is 23.0. The van der Waals surface area contributed by atoms with E-state index in [1.54, 1.807) is 0 Å². The zero-order valence-corrected chi connectivity index (χ0v) is 29.3. The van der Waals surface area contributed by atoms with Crippen LogP contribution in [0.25, 0.3) is 44.4 Å². The molecule has 7 aromatic rings. The maximum atomic E-state index is 6.69. The van der Waals surface area contributed by atoms with E-state index >= 15 is 0 Å². The van der Waals surface area contributed by atoms with Crippen LogP contribution in [0.5, 0.6) is 11.5 Å². The minimum absolute atomic E-state index is 0.00789. The SMILES string of the molecule is CCC(C)c1c(-c2ccccc2)c(C)nn1-c1cc(C)cc(Oc2ccc3c4cc(C)ccc4n(-c4cc(C(C)(C)C)ccn4)c3c2)c1. The van der Waals surface area contributed by atoms with Gasteiger partial charge in [0.15, 0.2) is 0 Å². The van der Waals surface area contributed by atoms with Crippen LogP contribution in [-0.2, 0) is 5.41 Å².